The van der Waals surface area contributed by atoms with E-state index in [0.717, 1.165) is 6.61 Å². The summed E-state index contributed by atoms with van der Waals surface area (Å²) in [6.45, 7) is 5.03. The van der Waals surface area contributed by atoms with E-state index in [-0.39, 0.29) is 0 Å². The number of rotatable bonds is 3. The first kappa shape index (κ1) is 8.49. The summed E-state index contributed by atoms with van der Waals surface area (Å²) in [7, 11) is -0.718. The fourth-order valence-electron chi connectivity index (χ4n) is 0.973. The average molecular weight is 165 g/mol. The Morgan fingerprint density at radius 3 is 2.45 bits per heavy atom. The standard InChI is InChI=1S/C9H13OSi/c1-3-10-11(2)9-7-5-4-6-8-9/h4-8H,3H2,1-2H3. The number of hydrogen-bond donors (Lipinski definition) is 0. The van der Waals surface area contributed by atoms with E-state index in [1.165, 1.54) is 5.19 Å². The van der Waals surface area contributed by atoms with Gasteiger partial charge in [0.2, 0.25) is 9.04 Å². The van der Waals surface area contributed by atoms with Crippen molar-refractivity contribution in [1.29, 1.82) is 0 Å². The summed E-state index contributed by atoms with van der Waals surface area (Å²) in [5, 5.41) is 1.35. The zero-order valence-electron chi connectivity index (χ0n) is 7.00. The van der Waals surface area contributed by atoms with Crippen molar-refractivity contribution in [2.75, 3.05) is 6.61 Å². The minimum Gasteiger partial charge on any atom is -0.412 e. The molecule has 1 aromatic carbocycles. The molecule has 2 heteroatoms. The van der Waals surface area contributed by atoms with Crippen LogP contribution in [0.1, 0.15) is 6.92 Å². The minimum absolute atomic E-state index is 0.718. The first-order chi connectivity index (χ1) is 5.34. The molecule has 0 heterocycles. The van der Waals surface area contributed by atoms with Crippen LogP contribution in [0.25, 0.3) is 0 Å². The second kappa shape index (κ2) is 4.31. The van der Waals surface area contributed by atoms with Gasteiger partial charge in [0.25, 0.3) is 0 Å². The van der Waals surface area contributed by atoms with E-state index < -0.39 is 9.04 Å². The van der Waals surface area contributed by atoms with Gasteiger partial charge in [-0.15, -0.1) is 0 Å². The second-order valence-electron chi connectivity index (χ2n) is 2.36. The lowest BCUT2D eigenvalue weighted by molar-refractivity contribution is 0.354. The molecule has 0 aliphatic heterocycles. The van der Waals surface area contributed by atoms with Gasteiger partial charge in [-0.2, -0.15) is 0 Å². The van der Waals surface area contributed by atoms with Crippen molar-refractivity contribution < 1.29 is 4.43 Å². The van der Waals surface area contributed by atoms with Crippen LogP contribution in [0.4, 0.5) is 0 Å². The highest BCUT2D eigenvalue weighted by molar-refractivity contribution is 6.66. The van der Waals surface area contributed by atoms with Gasteiger partial charge in [0.15, 0.2) is 0 Å². The summed E-state index contributed by atoms with van der Waals surface area (Å²) in [6.07, 6.45) is 0. The first-order valence-electron chi connectivity index (χ1n) is 3.86. The predicted octanol–water partition coefficient (Wildman–Crippen LogP) is 1.55. The van der Waals surface area contributed by atoms with Crippen molar-refractivity contribution >= 4 is 14.2 Å². The molecule has 0 saturated carbocycles. The third-order valence-electron chi connectivity index (χ3n) is 1.54. The molecule has 0 unspecified atom stereocenters. The Balaban J connectivity index is 2.61. The second-order valence-corrected chi connectivity index (χ2v) is 4.33. The fraction of sp³-hybridized carbons (Fsp3) is 0.333. The Hall–Kier alpha value is -0.603. The van der Waals surface area contributed by atoms with Crippen LogP contribution in [0, 0.1) is 0 Å². The van der Waals surface area contributed by atoms with Gasteiger partial charge in [-0.25, -0.2) is 0 Å². The van der Waals surface area contributed by atoms with Crippen molar-refractivity contribution in [3.63, 3.8) is 0 Å². The molecule has 0 fully saturated rings. The Labute approximate surface area is 69.7 Å². The van der Waals surface area contributed by atoms with E-state index in [4.69, 9.17) is 4.43 Å². The Morgan fingerprint density at radius 2 is 1.91 bits per heavy atom. The molecule has 0 aromatic heterocycles. The molecule has 0 aliphatic rings. The van der Waals surface area contributed by atoms with Crippen molar-refractivity contribution in [3.8, 4) is 0 Å². The van der Waals surface area contributed by atoms with E-state index in [1.807, 2.05) is 13.0 Å². The lowest BCUT2D eigenvalue weighted by Gasteiger charge is -2.07. The van der Waals surface area contributed by atoms with Gasteiger partial charge < -0.3 is 4.43 Å². The van der Waals surface area contributed by atoms with Gasteiger partial charge in [-0.1, -0.05) is 30.3 Å². The van der Waals surface area contributed by atoms with Gasteiger partial charge in [0.1, 0.15) is 0 Å². The monoisotopic (exact) mass is 165 g/mol. The highest BCUT2D eigenvalue weighted by atomic mass is 28.3. The SMILES string of the molecule is CCO[Si](C)c1ccccc1. The molecule has 0 amide bonds. The summed E-state index contributed by atoms with van der Waals surface area (Å²) < 4.78 is 5.53. The van der Waals surface area contributed by atoms with E-state index in [0.29, 0.717) is 0 Å². The maximum Gasteiger partial charge on any atom is 0.243 e. The molecule has 0 atom stereocenters. The lowest BCUT2D eigenvalue weighted by atomic mass is 10.4. The van der Waals surface area contributed by atoms with Crippen molar-refractivity contribution in [3.05, 3.63) is 30.3 Å². The topological polar surface area (TPSA) is 9.23 Å². The summed E-state index contributed by atoms with van der Waals surface area (Å²) in [4.78, 5) is 0. The molecule has 0 N–H and O–H groups in total. The van der Waals surface area contributed by atoms with Crippen LogP contribution in [0.5, 0.6) is 0 Å². The van der Waals surface area contributed by atoms with Gasteiger partial charge in [-0.3, -0.25) is 0 Å². The fourth-order valence-corrected chi connectivity index (χ4v) is 2.23. The van der Waals surface area contributed by atoms with Crippen LogP contribution in [0.2, 0.25) is 6.55 Å². The van der Waals surface area contributed by atoms with Crippen LogP contribution in [0.3, 0.4) is 0 Å². The van der Waals surface area contributed by atoms with Crippen molar-refractivity contribution in [1.82, 2.24) is 0 Å². The smallest absolute Gasteiger partial charge is 0.243 e. The Kier molecular flexibility index (Phi) is 3.33. The summed E-state index contributed by atoms with van der Waals surface area (Å²) >= 11 is 0. The quantitative estimate of drug-likeness (QED) is 0.617. The molecule has 1 nitrogen and oxygen atoms in total. The summed E-state index contributed by atoms with van der Waals surface area (Å²) in [6, 6.07) is 10.4. The maximum absolute atomic E-state index is 5.53. The zero-order chi connectivity index (χ0) is 8.10. The van der Waals surface area contributed by atoms with Crippen LogP contribution >= 0.6 is 0 Å². The van der Waals surface area contributed by atoms with Crippen molar-refractivity contribution in [2.45, 2.75) is 13.5 Å². The van der Waals surface area contributed by atoms with E-state index >= 15 is 0 Å². The van der Waals surface area contributed by atoms with Gasteiger partial charge in [0, 0.05) is 6.61 Å². The van der Waals surface area contributed by atoms with Crippen LogP contribution in [0.15, 0.2) is 30.3 Å². The van der Waals surface area contributed by atoms with Gasteiger partial charge in [-0.05, 0) is 18.7 Å². The first-order valence-corrected chi connectivity index (χ1v) is 5.77. The molecule has 0 spiro atoms. The summed E-state index contributed by atoms with van der Waals surface area (Å²) in [5.41, 5.74) is 0. The number of benzene rings is 1. The molecule has 0 aliphatic carbocycles. The molecule has 59 valence electrons. The van der Waals surface area contributed by atoms with E-state index in [9.17, 15) is 0 Å². The third kappa shape index (κ3) is 2.48. The number of hydrogen-bond acceptors (Lipinski definition) is 1. The maximum atomic E-state index is 5.53. The van der Waals surface area contributed by atoms with Gasteiger partial charge in [0.05, 0.1) is 0 Å². The molecule has 1 rings (SSSR count). The normalized spacial score (nSPS) is 10.5. The molecule has 11 heavy (non-hydrogen) atoms. The lowest BCUT2D eigenvalue weighted by Crippen LogP contribution is -2.29. The third-order valence-corrected chi connectivity index (χ3v) is 3.41. The Morgan fingerprint density at radius 1 is 1.27 bits per heavy atom. The highest BCUT2D eigenvalue weighted by Gasteiger charge is 2.06. The van der Waals surface area contributed by atoms with E-state index in [1.54, 1.807) is 0 Å². The predicted molar refractivity (Wildman–Crippen MR) is 49.3 cm³/mol. The summed E-state index contributed by atoms with van der Waals surface area (Å²) in [5.74, 6) is 0. The van der Waals surface area contributed by atoms with Crippen LogP contribution in [-0.4, -0.2) is 15.6 Å². The zero-order valence-corrected chi connectivity index (χ0v) is 8.00. The van der Waals surface area contributed by atoms with E-state index in [2.05, 4.69) is 30.8 Å². The van der Waals surface area contributed by atoms with Crippen LogP contribution < -0.4 is 5.19 Å². The molecule has 0 bridgehead atoms. The average Bonchev–Trinajstić information content (AvgIpc) is 2.07. The molecule has 1 radical (unpaired) electrons. The largest absolute Gasteiger partial charge is 0.412 e. The Bertz CT molecular complexity index is 198. The highest BCUT2D eigenvalue weighted by Crippen LogP contribution is 1.89. The molecular weight excluding hydrogens is 152 g/mol. The minimum atomic E-state index is -0.718. The van der Waals surface area contributed by atoms with Crippen molar-refractivity contribution in [2.24, 2.45) is 0 Å². The molecular formula is C9H13OSi. The molecule has 1 aromatic rings. The molecule has 0 saturated heterocycles. The van der Waals surface area contributed by atoms with Crippen LogP contribution in [-0.2, 0) is 4.43 Å². The van der Waals surface area contributed by atoms with Gasteiger partial charge >= 0.3 is 0 Å².